The molecule has 0 saturated carbocycles. The van der Waals surface area contributed by atoms with Crippen molar-refractivity contribution in [3.05, 3.63) is 41.5 Å². The molecule has 0 N–H and O–H groups in total. The van der Waals surface area contributed by atoms with Crippen LogP contribution in [0.25, 0.3) is 10.8 Å². The first-order chi connectivity index (χ1) is 5.81. The van der Waals surface area contributed by atoms with Crippen molar-refractivity contribution in [1.29, 1.82) is 0 Å². The number of rotatable bonds is 1. The zero-order chi connectivity index (χ0) is 8.55. The molecule has 0 amide bonds. The summed E-state index contributed by atoms with van der Waals surface area (Å²) in [5.74, 6) is 0. The minimum Gasteiger partial charge on any atom is -0.165 e. The SMILES string of the molecule is CCc1cccc2[cH-]c(C)cc12.[Zr]. The first kappa shape index (κ1) is 10.8. The fourth-order valence-electron chi connectivity index (χ4n) is 1.76. The Kier molecular flexibility index (Phi) is 3.56. The molecular weight excluding hydrogens is 235 g/mol. The van der Waals surface area contributed by atoms with Crippen molar-refractivity contribution in [2.75, 3.05) is 0 Å². The van der Waals surface area contributed by atoms with E-state index in [9.17, 15) is 0 Å². The predicted molar refractivity (Wildman–Crippen MR) is 53.7 cm³/mol. The molecule has 0 saturated heterocycles. The van der Waals surface area contributed by atoms with Crippen molar-refractivity contribution in [3.8, 4) is 0 Å². The molecule has 0 radical (unpaired) electrons. The molecule has 0 nitrogen and oxygen atoms in total. The maximum Gasteiger partial charge on any atom is 0 e. The van der Waals surface area contributed by atoms with Crippen LogP contribution < -0.4 is 0 Å². The van der Waals surface area contributed by atoms with Gasteiger partial charge in [-0.2, -0.15) is 6.07 Å². The average Bonchev–Trinajstić information content (AvgIpc) is 2.44. The average molecular weight is 248 g/mol. The van der Waals surface area contributed by atoms with Gasteiger partial charge in [0.2, 0.25) is 0 Å². The summed E-state index contributed by atoms with van der Waals surface area (Å²) < 4.78 is 0. The van der Waals surface area contributed by atoms with Crippen molar-refractivity contribution in [2.45, 2.75) is 20.3 Å². The Hall–Kier alpha value is -0.287. The number of fused-ring (bicyclic) bond motifs is 1. The largest absolute Gasteiger partial charge is 0.165 e. The second-order valence-electron chi connectivity index (χ2n) is 3.31. The summed E-state index contributed by atoms with van der Waals surface area (Å²) >= 11 is 0. The zero-order valence-electron chi connectivity index (χ0n) is 8.09. The molecule has 2 aromatic carbocycles. The normalized spacial score (nSPS) is 10.0. The van der Waals surface area contributed by atoms with Gasteiger partial charge >= 0.3 is 0 Å². The Labute approximate surface area is 98.4 Å². The second-order valence-corrected chi connectivity index (χ2v) is 3.31. The van der Waals surface area contributed by atoms with E-state index < -0.39 is 0 Å². The van der Waals surface area contributed by atoms with Gasteiger partial charge < -0.3 is 0 Å². The quantitative estimate of drug-likeness (QED) is 0.678. The van der Waals surface area contributed by atoms with Crippen molar-refractivity contribution < 1.29 is 26.2 Å². The molecule has 0 atom stereocenters. The predicted octanol–water partition coefficient (Wildman–Crippen LogP) is 3.43. The molecule has 66 valence electrons. The number of benzene rings is 1. The Morgan fingerprint density at radius 3 is 2.77 bits per heavy atom. The minimum absolute atomic E-state index is 0. The van der Waals surface area contributed by atoms with E-state index in [0.29, 0.717) is 0 Å². The van der Waals surface area contributed by atoms with Crippen molar-refractivity contribution in [1.82, 2.24) is 0 Å². The maximum atomic E-state index is 2.27. The summed E-state index contributed by atoms with van der Waals surface area (Å²) in [6.45, 7) is 4.36. The third kappa shape index (κ3) is 1.97. The molecular formula is C12H13Zr-. The summed E-state index contributed by atoms with van der Waals surface area (Å²) in [7, 11) is 0. The van der Waals surface area contributed by atoms with Crippen molar-refractivity contribution in [2.24, 2.45) is 0 Å². The van der Waals surface area contributed by atoms with Crippen LogP contribution in [0.4, 0.5) is 0 Å². The van der Waals surface area contributed by atoms with E-state index in [4.69, 9.17) is 0 Å². The van der Waals surface area contributed by atoms with Crippen molar-refractivity contribution in [3.63, 3.8) is 0 Å². The van der Waals surface area contributed by atoms with Crippen LogP contribution in [0.3, 0.4) is 0 Å². The number of aryl methyl sites for hydroxylation is 2. The van der Waals surface area contributed by atoms with E-state index in [-0.39, 0.29) is 26.2 Å². The fourth-order valence-corrected chi connectivity index (χ4v) is 1.76. The van der Waals surface area contributed by atoms with Crippen molar-refractivity contribution >= 4 is 10.8 Å². The van der Waals surface area contributed by atoms with Gasteiger partial charge in [0.15, 0.2) is 0 Å². The van der Waals surface area contributed by atoms with Gasteiger partial charge in [-0.05, 0) is 6.42 Å². The first-order valence-electron chi connectivity index (χ1n) is 4.46. The molecule has 0 aliphatic heterocycles. The molecule has 1 heteroatoms. The van der Waals surface area contributed by atoms with E-state index in [2.05, 4.69) is 44.2 Å². The molecule has 0 fully saturated rings. The van der Waals surface area contributed by atoms with Crippen LogP contribution in [0.2, 0.25) is 0 Å². The fraction of sp³-hybridized carbons (Fsp3) is 0.250. The standard InChI is InChI=1S/C12H13.Zr/c1-3-10-5-4-6-11-7-9(2)8-12(10)11;/h4-8H,3H2,1-2H3;/q-1;. The molecule has 0 bridgehead atoms. The molecule has 0 spiro atoms. The minimum atomic E-state index is 0. The molecule has 0 aliphatic carbocycles. The summed E-state index contributed by atoms with van der Waals surface area (Å²) in [4.78, 5) is 0. The summed E-state index contributed by atoms with van der Waals surface area (Å²) in [5.41, 5.74) is 2.83. The molecule has 13 heavy (non-hydrogen) atoms. The molecule has 0 aliphatic rings. The van der Waals surface area contributed by atoms with Gasteiger partial charge in [0.25, 0.3) is 0 Å². The van der Waals surface area contributed by atoms with Crippen LogP contribution in [0.15, 0.2) is 30.3 Å². The van der Waals surface area contributed by atoms with Gasteiger partial charge in [0.1, 0.15) is 0 Å². The number of hydrogen-bond donors (Lipinski definition) is 0. The van der Waals surface area contributed by atoms with Crippen LogP contribution in [0.1, 0.15) is 18.1 Å². The zero-order valence-corrected chi connectivity index (χ0v) is 10.6. The smallest absolute Gasteiger partial charge is 0 e. The topological polar surface area (TPSA) is 0 Å². The van der Waals surface area contributed by atoms with E-state index >= 15 is 0 Å². The summed E-state index contributed by atoms with van der Waals surface area (Å²) in [5, 5.41) is 2.81. The Bertz CT molecular complexity index is 398. The third-order valence-electron chi connectivity index (χ3n) is 2.37. The Morgan fingerprint density at radius 2 is 2.08 bits per heavy atom. The van der Waals surface area contributed by atoms with Gasteiger partial charge in [-0.25, -0.2) is 0 Å². The van der Waals surface area contributed by atoms with Crippen LogP contribution >= 0.6 is 0 Å². The molecule has 0 unspecified atom stereocenters. The van der Waals surface area contributed by atoms with Crippen LogP contribution in [0, 0.1) is 6.92 Å². The third-order valence-corrected chi connectivity index (χ3v) is 2.37. The number of hydrogen-bond acceptors (Lipinski definition) is 0. The molecule has 0 heterocycles. The molecule has 2 aromatic rings. The Balaban J connectivity index is 0.000000845. The maximum absolute atomic E-state index is 2.27. The van der Waals surface area contributed by atoms with E-state index in [0.717, 1.165) is 6.42 Å². The summed E-state index contributed by atoms with van der Waals surface area (Å²) in [6.07, 6.45) is 1.13. The molecule has 2 rings (SSSR count). The van der Waals surface area contributed by atoms with Gasteiger partial charge in [0.05, 0.1) is 0 Å². The monoisotopic (exact) mass is 247 g/mol. The summed E-state index contributed by atoms with van der Waals surface area (Å²) in [6, 6.07) is 11.0. The van der Waals surface area contributed by atoms with Gasteiger partial charge in [-0.15, -0.1) is 34.5 Å². The second kappa shape index (κ2) is 4.28. The molecule has 0 aromatic heterocycles. The van der Waals surface area contributed by atoms with Crippen LogP contribution in [-0.4, -0.2) is 0 Å². The first-order valence-corrected chi connectivity index (χ1v) is 4.46. The van der Waals surface area contributed by atoms with E-state index in [1.165, 1.54) is 21.9 Å². The van der Waals surface area contributed by atoms with Gasteiger partial charge in [-0.1, -0.05) is 25.5 Å². The van der Waals surface area contributed by atoms with E-state index in [1.54, 1.807) is 0 Å². The van der Waals surface area contributed by atoms with Gasteiger partial charge in [-0.3, -0.25) is 0 Å². The van der Waals surface area contributed by atoms with Crippen LogP contribution in [0.5, 0.6) is 0 Å². The van der Waals surface area contributed by atoms with E-state index in [1.807, 2.05) is 0 Å². The van der Waals surface area contributed by atoms with Crippen LogP contribution in [-0.2, 0) is 32.6 Å². The Morgan fingerprint density at radius 1 is 1.31 bits per heavy atom. The van der Waals surface area contributed by atoms with Gasteiger partial charge in [0, 0.05) is 26.2 Å².